The van der Waals surface area contributed by atoms with E-state index in [-0.39, 0.29) is 12.4 Å². The van der Waals surface area contributed by atoms with Gasteiger partial charge in [-0.05, 0) is 36.8 Å². The average molecular weight is 333 g/mol. The topological polar surface area (TPSA) is 112 Å². The zero-order valence-corrected chi connectivity index (χ0v) is 12.8. The van der Waals surface area contributed by atoms with Gasteiger partial charge in [-0.1, -0.05) is 6.07 Å². The Bertz CT molecular complexity index is 764. The molecule has 0 fully saturated rings. The molecule has 1 aromatic carbocycles. The van der Waals surface area contributed by atoms with Crippen LogP contribution in [0.1, 0.15) is 28.8 Å². The molecule has 0 bridgehead atoms. The van der Waals surface area contributed by atoms with E-state index in [2.05, 4.69) is 0 Å². The van der Waals surface area contributed by atoms with Crippen molar-refractivity contribution in [1.29, 1.82) is 0 Å². The second kappa shape index (κ2) is 7.82. The number of carboxylic acid groups (broad SMARTS) is 1. The van der Waals surface area contributed by atoms with Gasteiger partial charge in [-0.3, -0.25) is 10.1 Å². The highest BCUT2D eigenvalue weighted by Crippen LogP contribution is 2.30. The van der Waals surface area contributed by atoms with Crippen molar-refractivity contribution in [3.05, 3.63) is 63.7 Å². The Balaban J connectivity index is 2.12. The number of hydrogen-bond acceptors (Lipinski definition) is 6. The Morgan fingerprint density at radius 2 is 2.08 bits per heavy atom. The van der Waals surface area contributed by atoms with Crippen LogP contribution in [0.15, 0.2) is 40.9 Å². The average Bonchev–Trinajstić information content (AvgIpc) is 3.01. The molecule has 1 heterocycles. The van der Waals surface area contributed by atoms with Crippen molar-refractivity contribution in [2.45, 2.75) is 13.5 Å². The summed E-state index contributed by atoms with van der Waals surface area (Å²) in [5.74, 6) is -0.124. The van der Waals surface area contributed by atoms with Crippen molar-refractivity contribution in [2.24, 2.45) is 0 Å². The summed E-state index contributed by atoms with van der Waals surface area (Å²) in [7, 11) is 0. The molecule has 8 nitrogen and oxygen atoms in total. The summed E-state index contributed by atoms with van der Waals surface area (Å²) in [4.78, 5) is 20.6. The molecule has 0 unspecified atom stereocenters. The zero-order valence-electron chi connectivity index (χ0n) is 12.8. The number of ether oxygens (including phenoxy) is 2. The SMILES string of the molecule is CCOc1cc(C=C[N+](=O)[O-])ccc1OCc1ccc(C(=O)O)o1. The van der Waals surface area contributed by atoms with Crippen LogP contribution < -0.4 is 9.47 Å². The minimum atomic E-state index is -1.15. The molecule has 0 aliphatic rings. The monoisotopic (exact) mass is 333 g/mol. The van der Waals surface area contributed by atoms with Crippen LogP contribution in [0, 0.1) is 10.1 Å². The van der Waals surface area contributed by atoms with Crippen LogP contribution in [0.3, 0.4) is 0 Å². The number of aromatic carboxylic acids is 1. The Labute approximate surface area is 137 Å². The third kappa shape index (κ3) is 4.60. The summed E-state index contributed by atoms with van der Waals surface area (Å²) >= 11 is 0. The van der Waals surface area contributed by atoms with Gasteiger partial charge < -0.3 is 19.0 Å². The largest absolute Gasteiger partial charge is 0.490 e. The molecule has 1 N–H and O–H groups in total. The quantitative estimate of drug-likeness (QED) is 0.583. The van der Waals surface area contributed by atoms with Gasteiger partial charge in [0, 0.05) is 6.08 Å². The fraction of sp³-hybridized carbons (Fsp3) is 0.188. The predicted molar refractivity (Wildman–Crippen MR) is 83.6 cm³/mol. The number of nitro groups is 1. The lowest BCUT2D eigenvalue weighted by Gasteiger charge is -2.11. The maximum atomic E-state index is 10.8. The minimum Gasteiger partial charge on any atom is -0.490 e. The van der Waals surface area contributed by atoms with E-state index in [9.17, 15) is 14.9 Å². The predicted octanol–water partition coefficient (Wildman–Crippen LogP) is 3.20. The first-order chi connectivity index (χ1) is 11.5. The number of rotatable bonds is 8. The first-order valence-electron chi connectivity index (χ1n) is 7.03. The van der Waals surface area contributed by atoms with Crippen LogP contribution in [0.4, 0.5) is 0 Å². The first kappa shape index (κ1) is 17.1. The van der Waals surface area contributed by atoms with Gasteiger partial charge in [0.25, 0.3) is 0 Å². The number of nitrogens with zero attached hydrogens (tertiary/aromatic N) is 1. The molecule has 8 heteroatoms. The molecule has 0 amide bonds. The van der Waals surface area contributed by atoms with Gasteiger partial charge in [0.15, 0.2) is 11.5 Å². The molecule has 0 aliphatic heterocycles. The first-order valence-corrected chi connectivity index (χ1v) is 7.03. The Morgan fingerprint density at radius 3 is 2.71 bits per heavy atom. The van der Waals surface area contributed by atoms with Crippen molar-refractivity contribution in [1.82, 2.24) is 0 Å². The van der Waals surface area contributed by atoms with Gasteiger partial charge in [0.1, 0.15) is 12.4 Å². The van der Waals surface area contributed by atoms with Gasteiger partial charge in [0.2, 0.25) is 12.0 Å². The summed E-state index contributed by atoms with van der Waals surface area (Å²) in [6.07, 6.45) is 2.18. The molecule has 0 radical (unpaired) electrons. The van der Waals surface area contributed by atoms with E-state index in [4.69, 9.17) is 19.0 Å². The van der Waals surface area contributed by atoms with Gasteiger partial charge >= 0.3 is 5.97 Å². The number of furan rings is 1. The molecule has 0 aliphatic carbocycles. The summed E-state index contributed by atoms with van der Waals surface area (Å²) < 4.78 is 16.1. The fourth-order valence-corrected chi connectivity index (χ4v) is 1.88. The van der Waals surface area contributed by atoms with E-state index in [1.54, 1.807) is 25.1 Å². The number of benzene rings is 1. The van der Waals surface area contributed by atoms with Crippen LogP contribution >= 0.6 is 0 Å². The smallest absolute Gasteiger partial charge is 0.371 e. The summed E-state index contributed by atoms with van der Waals surface area (Å²) in [5, 5.41) is 19.2. The highest BCUT2D eigenvalue weighted by Gasteiger charge is 2.11. The third-order valence-electron chi connectivity index (χ3n) is 2.90. The molecule has 1 aromatic heterocycles. The maximum Gasteiger partial charge on any atom is 0.371 e. The number of carbonyl (C=O) groups is 1. The van der Waals surface area contributed by atoms with Crippen molar-refractivity contribution < 1.29 is 28.7 Å². The molecule has 24 heavy (non-hydrogen) atoms. The van der Waals surface area contributed by atoms with E-state index < -0.39 is 10.9 Å². The van der Waals surface area contributed by atoms with Gasteiger partial charge in [-0.25, -0.2) is 4.79 Å². The van der Waals surface area contributed by atoms with E-state index in [1.807, 2.05) is 0 Å². The van der Waals surface area contributed by atoms with Crippen LogP contribution in [0.2, 0.25) is 0 Å². The normalized spacial score (nSPS) is 10.7. The Kier molecular flexibility index (Phi) is 5.56. The number of hydrogen-bond donors (Lipinski definition) is 1. The molecule has 0 atom stereocenters. The number of carboxylic acids is 1. The van der Waals surface area contributed by atoms with Crippen LogP contribution in [0.25, 0.3) is 6.08 Å². The molecule has 0 saturated carbocycles. The van der Waals surface area contributed by atoms with Crippen molar-refractivity contribution in [2.75, 3.05) is 6.61 Å². The Hall–Kier alpha value is -3.29. The fourth-order valence-electron chi connectivity index (χ4n) is 1.88. The van der Waals surface area contributed by atoms with Crippen molar-refractivity contribution in [3.63, 3.8) is 0 Å². The molecular weight excluding hydrogens is 318 g/mol. The van der Waals surface area contributed by atoms with Crippen molar-refractivity contribution >= 4 is 12.0 Å². The molecule has 0 spiro atoms. The lowest BCUT2D eigenvalue weighted by atomic mass is 10.2. The summed E-state index contributed by atoms with van der Waals surface area (Å²) in [5.41, 5.74) is 0.591. The van der Waals surface area contributed by atoms with Crippen LogP contribution in [-0.2, 0) is 6.61 Å². The zero-order chi connectivity index (χ0) is 17.5. The molecular formula is C16H15NO7. The maximum absolute atomic E-state index is 10.8. The van der Waals surface area contributed by atoms with Gasteiger partial charge in [-0.15, -0.1) is 0 Å². The Morgan fingerprint density at radius 1 is 1.29 bits per heavy atom. The molecule has 2 rings (SSSR count). The standard InChI is InChI=1S/C16H15NO7/c1-2-22-15-9-11(7-8-17(20)21)3-5-13(15)23-10-12-4-6-14(24-12)16(18)19/h3-9H,2,10H2,1H3,(H,18,19). The van der Waals surface area contributed by atoms with E-state index in [1.165, 1.54) is 18.2 Å². The molecule has 2 aromatic rings. The van der Waals surface area contributed by atoms with Gasteiger partial charge in [-0.2, -0.15) is 0 Å². The van der Waals surface area contributed by atoms with E-state index >= 15 is 0 Å². The summed E-state index contributed by atoms with van der Waals surface area (Å²) in [6, 6.07) is 7.73. The van der Waals surface area contributed by atoms with Crippen LogP contribution in [-0.4, -0.2) is 22.6 Å². The summed E-state index contributed by atoms with van der Waals surface area (Å²) in [6.45, 7) is 2.22. The minimum absolute atomic E-state index is 0.0252. The van der Waals surface area contributed by atoms with Crippen molar-refractivity contribution in [3.8, 4) is 11.5 Å². The van der Waals surface area contributed by atoms with E-state index in [0.29, 0.717) is 29.4 Å². The lowest BCUT2D eigenvalue weighted by molar-refractivity contribution is -0.400. The van der Waals surface area contributed by atoms with Gasteiger partial charge in [0.05, 0.1) is 11.5 Å². The lowest BCUT2D eigenvalue weighted by Crippen LogP contribution is -1.99. The highest BCUT2D eigenvalue weighted by atomic mass is 16.6. The third-order valence-corrected chi connectivity index (χ3v) is 2.90. The van der Waals surface area contributed by atoms with E-state index in [0.717, 1.165) is 6.20 Å². The molecule has 126 valence electrons. The van der Waals surface area contributed by atoms with Crippen LogP contribution in [0.5, 0.6) is 11.5 Å². The second-order valence-corrected chi connectivity index (χ2v) is 4.60. The highest BCUT2D eigenvalue weighted by molar-refractivity contribution is 5.84. The molecule has 0 saturated heterocycles. The second-order valence-electron chi connectivity index (χ2n) is 4.60.